The van der Waals surface area contributed by atoms with E-state index in [4.69, 9.17) is 14.5 Å². The van der Waals surface area contributed by atoms with Crippen LogP contribution in [0, 0.1) is 6.92 Å². The van der Waals surface area contributed by atoms with Crippen LogP contribution in [0.3, 0.4) is 0 Å². The van der Waals surface area contributed by atoms with Crippen LogP contribution in [0.1, 0.15) is 85.3 Å². The zero-order chi connectivity index (χ0) is 30.0. The monoisotopic (exact) mass is 580 g/mol. The number of benzene rings is 2. The van der Waals surface area contributed by atoms with Gasteiger partial charge in [-0.05, 0) is 86.2 Å². The van der Waals surface area contributed by atoms with Crippen LogP contribution in [-0.4, -0.2) is 38.0 Å². The molecule has 2 fully saturated rings. The molecule has 2 aromatic heterocycles. The molecule has 9 heteroatoms. The maximum Gasteiger partial charge on any atom is 0.328 e. The van der Waals surface area contributed by atoms with Gasteiger partial charge in [-0.25, -0.2) is 9.78 Å². The lowest BCUT2D eigenvalue weighted by molar-refractivity contribution is -0.131. The number of fused-ring (bicyclic) bond motifs is 1. The van der Waals surface area contributed by atoms with E-state index in [1.165, 1.54) is 25.3 Å². The number of hydrogen-bond acceptors (Lipinski definition) is 5. The van der Waals surface area contributed by atoms with Crippen molar-refractivity contribution in [3.63, 3.8) is 0 Å². The molecule has 0 spiro atoms. The lowest BCUT2D eigenvalue weighted by Crippen LogP contribution is -2.55. The summed E-state index contributed by atoms with van der Waals surface area (Å²) in [4.78, 5) is 43.1. The normalized spacial score (nSPS) is 17.0. The van der Waals surface area contributed by atoms with E-state index in [9.17, 15) is 14.4 Å². The molecule has 2 amide bonds. The summed E-state index contributed by atoms with van der Waals surface area (Å²) in [6.45, 7) is 1.86. The molecule has 9 nitrogen and oxygen atoms in total. The highest BCUT2D eigenvalue weighted by molar-refractivity contribution is 6.05. The molecule has 43 heavy (non-hydrogen) atoms. The van der Waals surface area contributed by atoms with Crippen molar-refractivity contribution in [2.45, 2.75) is 76.3 Å². The predicted octanol–water partition coefficient (Wildman–Crippen LogP) is 6.89. The lowest BCUT2D eigenvalue weighted by Gasteiger charge is -2.29. The number of amides is 2. The van der Waals surface area contributed by atoms with E-state index in [-0.39, 0.29) is 11.8 Å². The van der Waals surface area contributed by atoms with Crippen molar-refractivity contribution >= 4 is 40.6 Å². The van der Waals surface area contributed by atoms with Crippen LogP contribution in [0.4, 0.5) is 5.69 Å². The largest absolute Gasteiger partial charge is 0.478 e. The van der Waals surface area contributed by atoms with Crippen molar-refractivity contribution in [1.29, 1.82) is 0 Å². The van der Waals surface area contributed by atoms with Gasteiger partial charge in [0.15, 0.2) is 0 Å². The number of aryl methyl sites for hydroxylation is 1. The van der Waals surface area contributed by atoms with Gasteiger partial charge in [0.2, 0.25) is 5.91 Å². The third-order valence-electron chi connectivity index (χ3n) is 8.85. The summed E-state index contributed by atoms with van der Waals surface area (Å²) >= 11 is 0. The number of nitrogens with one attached hydrogen (secondary N) is 2. The molecule has 0 aliphatic heterocycles. The summed E-state index contributed by atoms with van der Waals surface area (Å²) in [7, 11) is 0. The third-order valence-corrected chi connectivity index (χ3v) is 8.85. The van der Waals surface area contributed by atoms with E-state index >= 15 is 0 Å². The van der Waals surface area contributed by atoms with Crippen molar-refractivity contribution < 1.29 is 23.9 Å². The van der Waals surface area contributed by atoms with Crippen molar-refractivity contribution in [2.24, 2.45) is 0 Å². The van der Waals surface area contributed by atoms with Crippen molar-refractivity contribution in [3.05, 3.63) is 77.8 Å². The molecule has 2 aromatic carbocycles. The van der Waals surface area contributed by atoms with Crippen LogP contribution >= 0.6 is 0 Å². The number of furan rings is 1. The fraction of sp³-hybridized carbons (Fsp3) is 0.353. The zero-order valence-electron chi connectivity index (χ0n) is 24.3. The van der Waals surface area contributed by atoms with Crippen LogP contribution in [0.5, 0.6) is 0 Å². The Morgan fingerprint density at radius 3 is 2.51 bits per heavy atom. The Kier molecular flexibility index (Phi) is 7.88. The van der Waals surface area contributed by atoms with Gasteiger partial charge in [-0.3, -0.25) is 9.59 Å². The van der Waals surface area contributed by atoms with E-state index in [1.807, 2.05) is 31.2 Å². The molecule has 0 atom stereocenters. The number of carbonyl (C=O) groups is 3. The Morgan fingerprint density at radius 1 is 1.02 bits per heavy atom. The van der Waals surface area contributed by atoms with Gasteiger partial charge in [0, 0.05) is 23.4 Å². The van der Waals surface area contributed by atoms with Crippen LogP contribution in [-0.2, 0) is 9.59 Å². The van der Waals surface area contributed by atoms with Crippen molar-refractivity contribution in [1.82, 2.24) is 14.9 Å². The van der Waals surface area contributed by atoms with Gasteiger partial charge >= 0.3 is 5.97 Å². The Hall–Kier alpha value is -4.66. The Bertz CT molecular complexity index is 1690. The van der Waals surface area contributed by atoms with Gasteiger partial charge in [0.05, 0.1) is 22.9 Å². The van der Waals surface area contributed by atoms with E-state index in [0.29, 0.717) is 30.1 Å². The van der Waals surface area contributed by atoms with E-state index in [0.717, 1.165) is 65.3 Å². The smallest absolute Gasteiger partial charge is 0.328 e. The molecule has 2 aliphatic rings. The van der Waals surface area contributed by atoms with Gasteiger partial charge in [-0.2, -0.15) is 0 Å². The minimum Gasteiger partial charge on any atom is -0.478 e. The standard InChI is InChI=1S/C34H36N4O5/c1-22-19-26(12-9-23(22)11-14-30(39)40)35-33(42)34(16-5-6-17-34)37-32(41)24-10-13-29-28(20-24)36-31(25-15-18-43-21-25)38(29)27-7-3-2-4-8-27/h9-15,18-21,27H,2-8,16-17H2,1H3,(H,35,42)(H,37,41)(H,39,40)/b14-11+. The summed E-state index contributed by atoms with van der Waals surface area (Å²) in [5, 5.41) is 15.0. The minimum atomic E-state index is -1.02. The number of carboxylic acids is 1. The molecule has 0 radical (unpaired) electrons. The second kappa shape index (κ2) is 11.9. The summed E-state index contributed by atoms with van der Waals surface area (Å²) < 4.78 is 7.67. The highest BCUT2D eigenvalue weighted by Crippen LogP contribution is 2.37. The Morgan fingerprint density at radius 2 is 1.81 bits per heavy atom. The van der Waals surface area contributed by atoms with E-state index in [1.54, 1.807) is 30.7 Å². The molecular formula is C34H36N4O5. The molecular weight excluding hydrogens is 544 g/mol. The number of imidazole rings is 1. The number of hydrogen-bond donors (Lipinski definition) is 3. The molecule has 3 N–H and O–H groups in total. The maximum atomic E-state index is 13.7. The van der Waals surface area contributed by atoms with Crippen molar-refractivity contribution in [2.75, 3.05) is 5.32 Å². The predicted molar refractivity (Wildman–Crippen MR) is 165 cm³/mol. The number of carboxylic acid groups (broad SMARTS) is 1. The van der Waals surface area contributed by atoms with Crippen LogP contribution in [0.2, 0.25) is 0 Å². The average molecular weight is 581 g/mol. The number of aromatic nitrogens is 2. The van der Waals surface area contributed by atoms with Crippen LogP contribution in [0.25, 0.3) is 28.5 Å². The molecule has 0 unspecified atom stereocenters. The first-order valence-corrected chi connectivity index (χ1v) is 15.0. The van der Waals surface area contributed by atoms with Gasteiger partial charge < -0.3 is 24.7 Å². The van der Waals surface area contributed by atoms with Crippen LogP contribution in [0.15, 0.2) is 65.5 Å². The maximum absolute atomic E-state index is 13.7. The van der Waals surface area contributed by atoms with Gasteiger partial charge in [0.1, 0.15) is 17.6 Å². The molecule has 2 heterocycles. The second-order valence-corrected chi connectivity index (χ2v) is 11.8. The van der Waals surface area contributed by atoms with Gasteiger partial charge in [-0.15, -0.1) is 0 Å². The number of carbonyl (C=O) groups excluding carboxylic acids is 2. The number of anilines is 1. The lowest BCUT2D eigenvalue weighted by atomic mass is 9.94. The fourth-order valence-electron chi connectivity index (χ4n) is 6.57. The minimum absolute atomic E-state index is 0.253. The first-order chi connectivity index (χ1) is 20.8. The fourth-order valence-corrected chi connectivity index (χ4v) is 6.57. The first kappa shape index (κ1) is 28.5. The number of aliphatic carboxylic acids is 1. The zero-order valence-corrected chi connectivity index (χ0v) is 24.3. The molecule has 0 bridgehead atoms. The van der Waals surface area contributed by atoms with Crippen LogP contribution < -0.4 is 10.6 Å². The topological polar surface area (TPSA) is 126 Å². The second-order valence-electron chi connectivity index (χ2n) is 11.8. The Balaban J connectivity index is 1.24. The summed E-state index contributed by atoms with van der Waals surface area (Å²) in [6, 6.07) is 13.2. The first-order valence-electron chi connectivity index (χ1n) is 15.0. The quantitative estimate of drug-likeness (QED) is 0.195. The molecule has 4 aromatic rings. The van der Waals surface area contributed by atoms with E-state index in [2.05, 4.69) is 15.2 Å². The molecule has 222 valence electrons. The number of nitrogens with zero attached hydrogens (tertiary/aromatic N) is 2. The molecule has 6 rings (SSSR count). The molecule has 2 aliphatic carbocycles. The third kappa shape index (κ3) is 5.84. The summed E-state index contributed by atoms with van der Waals surface area (Å²) in [5.74, 6) is -0.733. The Labute approximate surface area is 250 Å². The summed E-state index contributed by atoms with van der Waals surface area (Å²) in [5.41, 5.74) is 4.26. The molecule has 0 saturated heterocycles. The SMILES string of the molecule is Cc1cc(NC(=O)C2(NC(=O)c3ccc4c(c3)nc(-c3ccoc3)n4C3CCCCC3)CCCC2)ccc1/C=C/C(=O)O. The highest BCUT2D eigenvalue weighted by Gasteiger charge is 2.42. The van der Waals surface area contributed by atoms with Crippen molar-refractivity contribution in [3.8, 4) is 11.4 Å². The molecule has 2 saturated carbocycles. The highest BCUT2D eigenvalue weighted by atomic mass is 16.4. The van der Waals surface area contributed by atoms with E-state index < -0.39 is 11.5 Å². The van der Waals surface area contributed by atoms with Gasteiger partial charge in [-0.1, -0.05) is 38.2 Å². The van der Waals surface area contributed by atoms with Gasteiger partial charge in [0.25, 0.3) is 5.91 Å². The number of rotatable bonds is 8. The summed E-state index contributed by atoms with van der Waals surface area (Å²) in [6.07, 6.45) is 14.5. The average Bonchev–Trinajstić information content (AvgIpc) is 3.77.